The highest BCUT2D eigenvalue weighted by Gasteiger charge is 2.13. The van der Waals surface area contributed by atoms with Crippen LogP contribution >= 0.6 is 0 Å². The first-order valence-electron chi connectivity index (χ1n) is 11.0. The van der Waals surface area contributed by atoms with Crippen molar-refractivity contribution in [3.8, 4) is 0 Å². The molecular formula is C22H42N2O5. The molecule has 0 fully saturated rings. The maximum atomic E-state index is 10.2. The van der Waals surface area contributed by atoms with E-state index < -0.39 is 23.9 Å². The van der Waals surface area contributed by atoms with Crippen molar-refractivity contribution in [2.24, 2.45) is 11.5 Å². The van der Waals surface area contributed by atoms with Gasteiger partial charge in [-0.2, -0.15) is 0 Å². The predicted octanol–water partition coefficient (Wildman–Crippen LogP) is 4.38. The van der Waals surface area contributed by atoms with Crippen molar-refractivity contribution in [1.82, 2.24) is 0 Å². The van der Waals surface area contributed by atoms with Crippen LogP contribution in [0.15, 0.2) is 12.2 Å². The Morgan fingerprint density at radius 2 is 1.21 bits per heavy atom. The third kappa shape index (κ3) is 28.4. The number of primary amides is 1. The van der Waals surface area contributed by atoms with Crippen molar-refractivity contribution in [2.75, 3.05) is 0 Å². The van der Waals surface area contributed by atoms with Gasteiger partial charge in [0.1, 0.15) is 6.04 Å². The van der Waals surface area contributed by atoms with Crippen LogP contribution in [0, 0.1) is 0 Å². The fourth-order valence-electron chi connectivity index (χ4n) is 2.77. The van der Waals surface area contributed by atoms with E-state index in [0.29, 0.717) is 0 Å². The number of carbonyl (C=O) groups is 3. The Balaban J connectivity index is 0. The first kappa shape index (κ1) is 29.3. The van der Waals surface area contributed by atoms with Crippen LogP contribution < -0.4 is 11.5 Å². The van der Waals surface area contributed by atoms with Crippen molar-refractivity contribution in [3.63, 3.8) is 0 Å². The Hall–Kier alpha value is -1.89. The number of hydrogen-bond donors (Lipinski definition) is 4. The van der Waals surface area contributed by atoms with E-state index in [-0.39, 0.29) is 6.42 Å². The summed E-state index contributed by atoms with van der Waals surface area (Å²) in [6.07, 6.45) is 21.2. The molecule has 0 bridgehead atoms. The zero-order valence-electron chi connectivity index (χ0n) is 18.1. The largest absolute Gasteiger partial charge is 0.480 e. The summed E-state index contributed by atoms with van der Waals surface area (Å²) >= 11 is 0. The Bertz CT molecular complexity index is 452. The first-order valence-corrected chi connectivity index (χ1v) is 11.0. The van der Waals surface area contributed by atoms with Gasteiger partial charge < -0.3 is 21.7 Å². The summed E-state index contributed by atoms with van der Waals surface area (Å²) in [6, 6.07) is -1.16. The summed E-state index contributed by atoms with van der Waals surface area (Å²) in [5.41, 5.74) is 9.57. The molecule has 0 rings (SSSR count). The molecule has 1 unspecified atom stereocenters. The monoisotopic (exact) mass is 414 g/mol. The van der Waals surface area contributed by atoms with E-state index in [0.717, 1.165) is 12.8 Å². The van der Waals surface area contributed by atoms with Crippen LogP contribution in [-0.2, 0) is 14.4 Å². The van der Waals surface area contributed by atoms with Crippen molar-refractivity contribution < 1.29 is 24.6 Å². The number of hydrogen-bond acceptors (Lipinski definition) is 4. The van der Waals surface area contributed by atoms with E-state index in [9.17, 15) is 14.4 Å². The summed E-state index contributed by atoms with van der Waals surface area (Å²) in [7, 11) is 0. The molecule has 0 radical (unpaired) electrons. The minimum absolute atomic E-state index is 0.310. The Morgan fingerprint density at radius 3 is 1.52 bits per heavy atom. The van der Waals surface area contributed by atoms with Crippen LogP contribution in [0.1, 0.15) is 103 Å². The maximum Gasteiger partial charge on any atom is 0.327 e. The highest BCUT2D eigenvalue weighted by atomic mass is 16.4. The lowest BCUT2D eigenvalue weighted by Gasteiger charge is -2.02. The van der Waals surface area contributed by atoms with Crippen molar-refractivity contribution in [1.29, 1.82) is 0 Å². The molecule has 29 heavy (non-hydrogen) atoms. The highest BCUT2D eigenvalue weighted by molar-refractivity contribution is 5.83. The molecule has 0 aromatic rings. The lowest BCUT2D eigenvalue weighted by Crippen LogP contribution is -2.34. The van der Waals surface area contributed by atoms with Gasteiger partial charge in [-0.25, -0.2) is 4.79 Å². The van der Waals surface area contributed by atoms with Gasteiger partial charge >= 0.3 is 11.9 Å². The van der Waals surface area contributed by atoms with E-state index in [1.54, 1.807) is 6.08 Å². The standard InChI is InChI=1S/C18H34O2.C4H8N2O3/c1-2-3-4-5-6-7-8-9-10-11-12-13-14-15-16-17-18(19)20;5-2(4(8)9)1-3(6)7/h16-17H,2-15H2,1H3,(H,19,20);2H,1,5H2,(H2,6,7)(H,8,9)/b17-16+;. The van der Waals surface area contributed by atoms with Gasteiger partial charge in [0.2, 0.25) is 5.91 Å². The van der Waals surface area contributed by atoms with Gasteiger partial charge in [0, 0.05) is 6.08 Å². The van der Waals surface area contributed by atoms with Crippen LogP contribution in [-0.4, -0.2) is 34.1 Å². The minimum atomic E-state index is -1.21. The second kappa shape index (κ2) is 22.4. The second-order valence-electron chi connectivity index (χ2n) is 7.39. The average molecular weight is 415 g/mol. The normalized spacial score (nSPS) is 11.7. The van der Waals surface area contributed by atoms with Crippen LogP contribution in [0.3, 0.4) is 0 Å². The zero-order chi connectivity index (χ0) is 22.3. The number of rotatable bonds is 18. The van der Waals surface area contributed by atoms with Crippen molar-refractivity contribution >= 4 is 17.8 Å². The zero-order valence-corrected chi connectivity index (χ0v) is 18.1. The molecule has 6 N–H and O–H groups in total. The van der Waals surface area contributed by atoms with Crippen LogP contribution in [0.25, 0.3) is 0 Å². The van der Waals surface area contributed by atoms with Gasteiger partial charge in [0.25, 0.3) is 0 Å². The predicted molar refractivity (Wildman–Crippen MR) is 117 cm³/mol. The van der Waals surface area contributed by atoms with E-state index in [2.05, 4.69) is 12.7 Å². The van der Waals surface area contributed by atoms with Gasteiger partial charge in [-0.15, -0.1) is 0 Å². The van der Waals surface area contributed by atoms with Crippen molar-refractivity contribution in [3.05, 3.63) is 12.2 Å². The molecule has 0 spiro atoms. The Morgan fingerprint density at radius 1 is 0.793 bits per heavy atom. The summed E-state index contributed by atoms with van der Waals surface area (Å²) < 4.78 is 0. The van der Waals surface area contributed by atoms with Gasteiger partial charge in [0.05, 0.1) is 6.42 Å². The van der Waals surface area contributed by atoms with Gasteiger partial charge in [-0.05, 0) is 12.8 Å². The highest BCUT2D eigenvalue weighted by Crippen LogP contribution is 2.12. The number of unbranched alkanes of at least 4 members (excludes halogenated alkanes) is 13. The lowest BCUT2D eigenvalue weighted by atomic mass is 10.0. The Labute approximate surface area is 175 Å². The third-order valence-electron chi connectivity index (χ3n) is 4.47. The fourth-order valence-corrected chi connectivity index (χ4v) is 2.77. The number of carboxylic acid groups (broad SMARTS) is 2. The van der Waals surface area contributed by atoms with E-state index in [1.807, 2.05) is 0 Å². The molecule has 0 aliphatic rings. The number of carboxylic acids is 2. The average Bonchev–Trinajstić information content (AvgIpc) is 2.64. The summed E-state index contributed by atoms with van der Waals surface area (Å²) in [5.74, 6) is -2.75. The summed E-state index contributed by atoms with van der Waals surface area (Å²) in [4.78, 5) is 30.1. The molecule has 0 aliphatic carbocycles. The molecule has 1 amide bonds. The number of nitrogens with two attached hydrogens (primary N) is 2. The SMILES string of the molecule is CCCCCCCCCCCCCCC/C=C/C(=O)O.NC(=O)CC(N)C(=O)O. The van der Waals surface area contributed by atoms with Crippen LogP contribution in [0.4, 0.5) is 0 Å². The molecule has 0 aromatic heterocycles. The van der Waals surface area contributed by atoms with E-state index >= 15 is 0 Å². The molecule has 0 saturated carbocycles. The molecule has 170 valence electrons. The van der Waals surface area contributed by atoms with E-state index in [4.69, 9.17) is 15.9 Å². The first-order chi connectivity index (χ1) is 13.8. The fraction of sp³-hybridized carbons (Fsp3) is 0.773. The number of aliphatic carboxylic acids is 2. The molecule has 0 heterocycles. The van der Waals surface area contributed by atoms with Gasteiger partial charge in [-0.3, -0.25) is 9.59 Å². The number of amides is 1. The van der Waals surface area contributed by atoms with E-state index in [1.165, 1.54) is 83.1 Å². The van der Waals surface area contributed by atoms with Gasteiger partial charge in [0.15, 0.2) is 0 Å². The molecule has 0 saturated heterocycles. The lowest BCUT2D eigenvalue weighted by molar-refractivity contribution is -0.140. The summed E-state index contributed by atoms with van der Waals surface area (Å²) in [6.45, 7) is 2.27. The quantitative estimate of drug-likeness (QED) is 0.193. The smallest absolute Gasteiger partial charge is 0.327 e. The van der Waals surface area contributed by atoms with Gasteiger partial charge in [-0.1, -0.05) is 90.0 Å². The minimum Gasteiger partial charge on any atom is -0.480 e. The molecule has 7 nitrogen and oxygen atoms in total. The third-order valence-corrected chi connectivity index (χ3v) is 4.47. The second-order valence-corrected chi connectivity index (χ2v) is 7.39. The van der Waals surface area contributed by atoms with Crippen LogP contribution in [0.2, 0.25) is 0 Å². The van der Waals surface area contributed by atoms with Crippen molar-refractivity contribution in [2.45, 2.75) is 109 Å². The number of allylic oxidation sites excluding steroid dienone is 1. The topological polar surface area (TPSA) is 144 Å². The Kier molecular flexibility index (Phi) is 22.6. The molecule has 0 aliphatic heterocycles. The molecule has 7 heteroatoms. The molecular weight excluding hydrogens is 372 g/mol. The summed E-state index contributed by atoms with van der Waals surface area (Å²) in [5, 5.41) is 16.5. The molecule has 1 atom stereocenters. The van der Waals surface area contributed by atoms with Crippen LogP contribution in [0.5, 0.6) is 0 Å². The molecule has 0 aromatic carbocycles. The maximum absolute atomic E-state index is 10.2. The number of carbonyl (C=O) groups excluding carboxylic acids is 1.